The summed E-state index contributed by atoms with van der Waals surface area (Å²) in [5, 5.41) is 13.8. The van der Waals surface area contributed by atoms with Crippen molar-refractivity contribution in [1.82, 2.24) is 0 Å². The lowest BCUT2D eigenvalue weighted by Gasteiger charge is -2.35. The standard InChI is InChI=1S/C15H20F3N3O2/c1-3-4-9-23-12(14(17)18)13(22)15(2,20-21-19)10-7-5-6-8-11(10)16/h5-8,12-14,22H,3-4,9H2,1-2H3/t12-,13-,15+/m0/s1. The minimum atomic E-state index is -3.01. The predicted molar refractivity (Wildman–Crippen MR) is 79.6 cm³/mol. The molecule has 1 aromatic carbocycles. The Morgan fingerprint density at radius 3 is 2.57 bits per heavy atom. The van der Waals surface area contributed by atoms with Crippen molar-refractivity contribution in [2.24, 2.45) is 5.11 Å². The third-order valence-corrected chi connectivity index (χ3v) is 3.62. The van der Waals surface area contributed by atoms with Crippen LogP contribution in [0, 0.1) is 5.82 Å². The number of benzene rings is 1. The number of azide groups is 1. The van der Waals surface area contributed by atoms with E-state index in [2.05, 4.69) is 10.0 Å². The average Bonchev–Trinajstić information content (AvgIpc) is 2.51. The van der Waals surface area contributed by atoms with Crippen molar-refractivity contribution in [2.45, 2.75) is 50.9 Å². The summed E-state index contributed by atoms with van der Waals surface area (Å²) in [6.45, 7) is 3.08. The van der Waals surface area contributed by atoms with Crippen LogP contribution in [0.5, 0.6) is 0 Å². The van der Waals surface area contributed by atoms with Crippen molar-refractivity contribution in [2.75, 3.05) is 6.61 Å². The van der Waals surface area contributed by atoms with Gasteiger partial charge in [-0.05, 0) is 24.9 Å². The number of hydrogen-bond acceptors (Lipinski definition) is 3. The Bertz CT molecular complexity index is 553. The van der Waals surface area contributed by atoms with Gasteiger partial charge in [0.2, 0.25) is 0 Å². The molecule has 0 saturated heterocycles. The molecule has 0 spiro atoms. The van der Waals surface area contributed by atoms with Gasteiger partial charge in [0.15, 0.2) is 0 Å². The maximum atomic E-state index is 14.0. The van der Waals surface area contributed by atoms with Crippen LogP contribution in [0.3, 0.4) is 0 Å². The third-order valence-electron chi connectivity index (χ3n) is 3.62. The molecule has 0 amide bonds. The molecule has 0 aromatic heterocycles. The van der Waals surface area contributed by atoms with Gasteiger partial charge in [0, 0.05) is 17.1 Å². The Morgan fingerprint density at radius 1 is 1.39 bits per heavy atom. The quantitative estimate of drug-likeness (QED) is 0.319. The lowest BCUT2D eigenvalue weighted by molar-refractivity contribution is -0.134. The second-order valence-electron chi connectivity index (χ2n) is 5.29. The van der Waals surface area contributed by atoms with E-state index in [1.54, 1.807) is 0 Å². The van der Waals surface area contributed by atoms with Gasteiger partial charge < -0.3 is 9.84 Å². The molecule has 1 N–H and O–H groups in total. The van der Waals surface area contributed by atoms with Gasteiger partial charge in [-0.1, -0.05) is 36.7 Å². The van der Waals surface area contributed by atoms with Gasteiger partial charge >= 0.3 is 0 Å². The van der Waals surface area contributed by atoms with Crippen LogP contribution in [-0.4, -0.2) is 30.3 Å². The van der Waals surface area contributed by atoms with Gasteiger partial charge in [0.1, 0.15) is 23.6 Å². The SMILES string of the molecule is CCCCO[C@H](C(F)F)[C@H](O)[C@](C)(N=[N+]=[N-])c1ccccc1F. The van der Waals surface area contributed by atoms with Crippen molar-refractivity contribution in [3.8, 4) is 0 Å². The van der Waals surface area contributed by atoms with E-state index in [4.69, 9.17) is 10.3 Å². The molecule has 0 fully saturated rings. The number of alkyl halides is 2. The monoisotopic (exact) mass is 331 g/mol. The van der Waals surface area contributed by atoms with E-state index in [1.165, 1.54) is 25.1 Å². The number of aliphatic hydroxyl groups excluding tert-OH is 1. The molecule has 0 aliphatic carbocycles. The zero-order valence-electron chi connectivity index (χ0n) is 13.0. The maximum absolute atomic E-state index is 14.0. The molecule has 8 heteroatoms. The molecular formula is C15H20F3N3O2. The Kier molecular flexibility index (Phi) is 7.35. The number of halogens is 3. The largest absolute Gasteiger partial charge is 0.389 e. The first kappa shape index (κ1) is 19.3. The van der Waals surface area contributed by atoms with E-state index >= 15 is 0 Å². The summed E-state index contributed by atoms with van der Waals surface area (Å²) in [6, 6.07) is 5.25. The predicted octanol–water partition coefficient (Wildman–Crippen LogP) is 4.16. The van der Waals surface area contributed by atoms with E-state index in [9.17, 15) is 18.3 Å². The molecule has 1 aromatic rings. The fourth-order valence-corrected chi connectivity index (χ4v) is 2.22. The van der Waals surface area contributed by atoms with Gasteiger partial charge in [-0.25, -0.2) is 13.2 Å². The normalized spacial score (nSPS) is 16.5. The van der Waals surface area contributed by atoms with Crippen molar-refractivity contribution in [3.63, 3.8) is 0 Å². The lowest BCUT2D eigenvalue weighted by atomic mass is 9.84. The summed E-state index contributed by atoms with van der Waals surface area (Å²) >= 11 is 0. The Hall–Kier alpha value is -1.76. The van der Waals surface area contributed by atoms with Crippen LogP contribution in [0.1, 0.15) is 32.3 Å². The van der Waals surface area contributed by atoms with E-state index in [0.717, 1.165) is 12.5 Å². The molecule has 0 aliphatic rings. The Labute approximate surface area is 132 Å². The first-order chi connectivity index (χ1) is 10.9. The van der Waals surface area contributed by atoms with Crippen molar-refractivity contribution in [1.29, 1.82) is 0 Å². The van der Waals surface area contributed by atoms with Crippen molar-refractivity contribution in [3.05, 3.63) is 46.1 Å². The minimum absolute atomic E-state index is 0.0200. The van der Waals surface area contributed by atoms with Gasteiger partial charge in [-0.15, -0.1) is 0 Å². The van der Waals surface area contributed by atoms with Crippen LogP contribution in [0.25, 0.3) is 10.4 Å². The number of nitrogens with zero attached hydrogens (tertiary/aromatic N) is 3. The highest BCUT2D eigenvalue weighted by Gasteiger charge is 2.44. The molecule has 5 nitrogen and oxygen atoms in total. The topological polar surface area (TPSA) is 78.2 Å². The fraction of sp³-hybridized carbons (Fsp3) is 0.600. The Morgan fingerprint density at radius 2 is 2.04 bits per heavy atom. The van der Waals surface area contributed by atoms with Crippen molar-refractivity contribution < 1.29 is 23.0 Å². The van der Waals surface area contributed by atoms with E-state index < -0.39 is 30.0 Å². The summed E-state index contributed by atoms with van der Waals surface area (Å²) in [5.74, 6) is -0.761. The number of hydrogen-bond donors (Lipinski definition) is 1. The van der Waals surface area contributed by atoms with Crippen LogP contribution in [0.4, 0.5) is 13.2 Å². The summed E-state index contributed by atoms with van der Waals surface area (Å²) in [7, 11) is 0. The first-order valence-electron chi connectivity index (χ1n) is 7.27. The Balaban J connectivity index is 3.20. The van der Waals surface area contributed by atoms with Gasteiger partial charge in [-0.3, -0.25) is 0 Å². The summed E-state index contributed by atoms with van der Waals surface area (Å²) < 4.78 is 45.6. The molecule has 0 aliphatic heterocycles. The van der Waals surface area contributed by atoms with E-state index in [-0.39, 0.29) is 12.2 Å². The van der Waals surface area contributed by atoms with Crippen LogP contribution in [0.15, 0.2) is 29.4 Å². The maximum Gasteiger partial charge on any atom is 0.266 e. The molecule has 1 rings (SSSR count). The molecule has 0 bridgehead atoms. The lowest BCUT2D eigenvalue weighted by Crippen LogP contribution is -2.48. The van der Waals surface area contributed by atoms with Crippen LogP contribution in [-0.2, 0) is 10.3 Å². The molecule has 128 valence electrons. The number of aliphatic hydroxyl groups is 1. The van der Waals surface area contributed by atoms with Crippen molar-refractivity contribution >= 4 is 0 Å². The summed E-state index contributed by atoms with van der Waals surface area (Å²) in [5.41, 5.74) is 6.64. The molecule has 0 radical (unpaired) electrons. The average molecular weight is 331 g/mol. The van der Waals surface area contributed by atoms with Gasteiger partial charge in [-0.2, -0.15) is 0 Å². The number of unbranched alkanes of at least 4 members (excludes halogenated alkanes) is 1. The van der Waals surface area contributed by atoms with E-state index in [1.807, 2.05) is 6.92 Å². The number of rotatable bonds is 9. The van der Waals surface area contributed by atoms with Gasteiger partial charge in [0.25, 0.3) is 6.43 Å². The molecule has 23 heavy (non-hydrogen) atoms. The molecular weight excluding hydrogens is 311 g/mol. The third kappa shape index (κ3) is 4.60. The highest BCUT2D eigenvalue weighted by molar-refractivity contribution is 5.28. The minimum Gasteiger partial charge on any atom is -0.389 e. The fourth-order valence-electron chi connectivity index (χ4n) is 2.22. The summed E-state index contributed by atoms with van der Waals surface area (Å²) in [6.07, 6.45) is -5.55. The second-order valence-corrected chi connectivity index (χ2v) is 5.29. The van der Waals surface area contributed by atoms with Crippen LogP contribution >= 0.6 is 0 Å². The highest BCUT2D eigenvalue weighted by Crippen LogP contribution is 2.35. The van der Waals surface area contributed by atoms with E-state index in [0.29, 0.717) is 6.42 Å². The molecule has 3 atom stereocenters. The van der Waals surface area contributed by atoms with Gasteiger partial charge in [0.05, 0.1) is 0 Å². The summed E-state index contributed by atoms with van der Waals surface area (Å²) in [4.78, 5) is 2.58. The highest BCUT2D eigenvalue weighted by atomic mass is 19.3. The van der Waals surface area contributed by atoms with Crippen LogP contribution < -0.4 is 0 Å². The molecule has 0 unspecified atom stereocenters. The number of ether oxygens (including phenoxy) is 1. The second kappa shape index (κ2) is 8.76. The zero-order chi connectivity index (χ0) is 17.5. The molecule has 0 saturated carbocycles. The first-order valence-corrected chi connectivity index (χ1v) is 7.27. The van der Waals surface area contributed by atoms with Crippen LogP contribution in [0.2, 0.25) is 0 Å². The smallest absolute Gasteiger partial charge is 0.266 e. The molecule has 0 heterocycles. The zero-order valence-corrected chi connectivity index (χ0v) is 13.0.